The van der Waals surface area contributed by atoms with E-state index in [1.807, 2.05) is 6.07 Å². The lowest BCUT2D eigenvalue weighted by Crippen LogP contribution is -2.35. The highest BCUT2D eigenvalue weighted by molar-refractivity contribution is 5.97. The molecule has 5 heteroatoms. The predicted molar refractivity (Wildman–Crippen MR) is 59.4 cm³/mol. The summed E-state index contributed by atoms with van der Waals surface area (Å²) in [6.07, 6.45) is 1.87. The fourth-order valence-electron chi connectivity index (χ4n) is 1.61. The number of nitrogens with zero attached hydrogens (tertiary/aromatic N) is 1. The van der Waals surface area contributed by atoms with E-state index < -0.39 is 11.9 Å². The minimum atomic E-state index is -0.545. The Balaban J connectivity index is 2.13. The first-order valence-corrected chi connectivity index (χ1v) is 5.34. The van der Waals surface area contributed by atoms with E-state index in [0.29, 0.717) is 0 Å². The minimum absolute atomic E-state index is 0.0223. The molecule has 5 nitrogen and oxygen atoms in total. The molecular weight excluding hydrogens is 220 g/mol. The van der Waals surface area contributed by atoms with Crippen LogP contribution in [0.1, 0.15) is 23.2 Å². The Labute approximate surface area is 98.3 Å². The van der Waals surface area contributed by atoms with Gasteiger partial charge in [-0.05, 0) is 37.0 Å². The molecule has 17 heavy (non-hydrogen) atoms. The van der Waals surface area contributed by atoms with Crippen LogP contribution in [0.2, 0.25) is 0 Å². The number of aromatic hydroxyl groups is 2. The number of amides is 1. The van der Waals surface area contributed by atoms with Crippen molar-refractivity contribution in [3.63, 3.8) is 0 Å². The molecule has 0 aliphatic heterocycles. The van der Waals surface area contributed by atoms with E-state index in [0.717, 1.165) is 12.8 Å². The fraction of sp³-hybridized carbons (Fsp3) is 0.333. The third-order valence-electron chi connectivity index (χ3n) is 2.74. The van der Waals surface area contributed by atoms with Crippen molar-refractivity contribution in [2.24, 2.45) is 5.92 Å². The number of benzene rings is 1. The number of nitriles is 1. The van der Waals surface area contributed by atoms with Gasteiger partial charge >= 0.3 is 0 Å². The number of phenols is 2. The smallest absolute Gasteiger partial charge is 0.256 e. The summed E-state index contributed by atoms with van der Waals surface area (Å²) in [7, 11) is 0. The molecule has 1 saturated carbocycles. The topological polar surface area (TPSA) is 93.4 Å². The van der Waals surface area contributed by atoms with Crippen molar-refractivity contribution in [3.8, 4) is 17.6 Å². The van der Waals surface area contributed by atoms with Gasteiger partial charge in [0, 0.05) is 0 Å². The third kappa shape index (κ3) is 2.48. The number of carbonyl (C=O) groups is 1. The molecule has 0 saturated heterocycles. The Morgan fingerprint density at radius 2 is 2.18 bits per heavy atom. The van der Waals surface area contributed by atoms with Crippen LogP contribution in [-0.4, -0.2) is 22.2 Å². The number of hydrogen-bond acceptors (Lipinski definition) is 4. The second kappa shape index (κ2) is 4.34. The van der Waals surface area contributed by atoms with Crippen LogP contribution in [0.3, 0.4) is 0 Å². The molecule has 3 N–H and O–H groups in total. The van der Waals surface area contributed by atoms with Gasteiger partial charge in [-0.25, -0.2) is 0 Å². The summed E-state index contributed by atoms with van der Waals surface area (Å²) in [5.41, 5.74) is -0.0223. The zero-order valence-electron chi connectivity index (χ0n) is 9.05. The summed E-state index contributed by atoms with van der Waals surface area (Å²) in [4.78, 5) is 11.8. The van der Waals surface area contributed by atoms with Gasteiger partial charge in [0.1, 0.15) is 17.5 Å². The van der Waals surface area contributed by atoms with Crippen LogP contribution in [0.15, 0.2) is 18.2 Å². The normalized spacial score (nSPS) is 15.9. The van der Waals surface area contributed by atoms with Crippen molar-refractivity contribution in [2.45, 2.75) is 18.9 Å². The lowest BCUT2D eigenvalue weighted by Gasteiger charge is -2.11. The molecule has 1 aromatic rings. The van der Waals surface area contributed by atoms with E-state index in [2.05, 4.69) is 5.32 Å². The molecule has 1 aromatic carbocycles. The number of rotatable bonds is 3. The molecule has 1 atom stereocenters. The van der Waals surface area contributed by atoms with Gasteiger partial charge < -0.3 is 15.5 Å². The molecule has 1 amide bonds. The molecule has 0 spiro atoms. The molecule has 1 aliphatic rings. The van der Waals surface area contributed by atoms with Crippen LogP contribution in [0.5, 0.6) is 11.5 Å². The lowest BCUT2D eigenvalue weighted by molar-refractivity contribution is 0.0939. The maximum atomic E-state index is 11.8. The van der Waals surface area contributed by atoms with Gasteiger partial charge in [-0.15, -0.1) is 0 Å². The Hall–Kier alpha value is -2.22. The van der Waals surface area contributed by atoms with Crippen LogP contribution in [0.25, 0.3) is 0 Å². The van der Waals surface area contributed by atoms with Crippen molar-refractivity contribution in [1.82, 2.24) is 5.32 Å². The average molecular weight is 232 g/mol. The summed E-state index contributed by atoms with van der Waals surface area (Å²) >= 11 is 0. The Morgan fingerprint density at radius 1 is 1.47 bits per heavy atom. The second-order valence-corrected chi connectivity index (χ2v) is 4.12. The Bertz CT molecular complexity index is 489. The SMILES string of the molecule is N#CC(NC(=O)c1cc(O)ccc1O)C1CC1. The van der Waals surface area contributed by atoms with Crippen LogP contribution < -0.4 is 5.32 Å². The molecule has 0 bridgehead atoms. The summed E-state index contributed by atoms with van der Waals surface area (Å²) < 4.78 is 0. The number of phenolic OH excluding ortho intramolecular Hbond substituents is 2. The molecule has 0 heterocycles. The summed E-state index contributed by atoms with van der Waals surface area (Å²) in [5.74, 6) is -0.652. The minimum Gasteiger partial charge on any atom is -0.508 e. The van der Waals surface area contributed by atoms with E-state index in [9.17, 15) is 15.0 Å². The van der Waals surface area contributed by atoms with E-state index in [-0.39, 0.29) is 23.0 Å². The fourth-order valence-corrected chi connectivity index (χ4v) is 1.61. The van der Waals surface area contributed by atoms with E-state index >= 15 is 0 Å². The summed E-state index contributed by atoms with van der Waals surface area (Å²) in [6, 6.07) is 5.20. The van der Waals surface area contributed by atoms with Crippen molar-refractivity contribution < 1.29 is 15.0 Å². The zero-order chi connectivity index (χ0) is 12.4. The first-order valence-electron chi connectivity index (χ1n) is 5.34. The first-order chi connectivity index (χ1) is 8.11. The molecular formula is C12H12N2O3. The van der Waals surface area contributed by atoms with E-state index in [4.69, 9.17) is 5.26 Å². The quantitative estimate of drug-likeness (QED) is 0.681. The summed E-state index contributed by atoms with van der Waals surface area (Å²) in [5, 5.41) is 30.2. The van der Waals surface area contributed by atoms with Gasteiger partial charge in [-0.2, -0.15) is 5.26 Å². The standard InChI is InChI=1S/C12H12N2O3/c13-6-10(7-1-2-7)14-12(17)9-5-8(15)3-4-11(9)16/h3-5,7,10,15-16H,1-2H2,(H,14,17). The van der Waals surface area contributed by atoms with Crippen molar-refractivity contribution >= 4 is 5.91 Å². The Morgan fingerprint density at radius 3 is 2.76 bits per heavy atom. The van der Waals surface area contributed by atoms with Crippen LogP contribution >= 0.6 is 0 Å². The molecule has 1 aliphatic carbocycles. The van der Waals surface area contributed by atoms with Gasteiger partial charge in [0.2, 0.25) is 0 Å². The highest BCUT2D eigenvalue weighted by Gasteiger charge is 2.32. The molecule has 88 valence electrons. The van der Waals surface area contributed by atoms with Gasteiger partial charge in [-0.1, -0.05) is 0 Å². The van der Waals surface area contributed by atoms with Crippen molar-refractivity contribution in [3.05, 3.63) is 23.8 Å². The largest absolute Gasteiger partial charge is 0.508 e. The lowest BCUT2D eigenvalue weighted by atomic mass is 10.1. The maximum Gasteiger partial charge on any atom is 0.256 e. The average Bonchev–Trinajstić information content (AvgIpc) is 3.13. The van der Waals surface area contributed by atoms with Gasteiger partial charge in [0.15, 0.2) is 0 Å². The highest BCUT2D eigenvalue weighted by atomic mass is 16.3. The molecule has 1 fully saturated rings. The third-order valence-corrected chi connectivity index (χ3v) is 2.74. The second-order valence-electron chi connectivity index (χ2n) is 4.12. The zero-order valence-corrected chi connectivity index (χ0v) is 9.05. The van der Waals surface area contributed by atoms with Gasteiger partial charge in [0.05, 0.1) is 11.6 Å². The number of nitrogens with one attached hydrogen (secondary N) is 1. The first kappa shape index (κ1) is 11.3. The molecule has 1 unspecified atom stereocenters. The monoisotopic (exact) mass is 232 g/mol. The van der Waals surface area contributed by atoms with Crippen LogP contribution in [-0.2, 0) is 0 Å². The molecule has 0 aromatic heterocycles. The van der Waals surface area contributed by atoms with Crippen LogP contribution in [0, 0.1) is 17.2 Å². The van der Waals surface area contributed by atoms with E-state index in [1.165, 1.54) is 18.2 Å². The van der Waals surface area contributed by atoms with Crippen LogP contribution in [0.4, 0.5) is 0 Å². The molecule has 2 rings (SSSR count). The maximum absolute atomic E-state index is 11.8. The van der Waals surface area contributed by atoms with Crippen molar-refractivity contribution in [2.75, 3.05) is 0 Å². The van der Waals surface area contributed by atoms with Crippen molar-refractivity contribution in [1.29, 1.82) is 5.26 Å². The van der Waals surface area contributed by atoms with Gasteiger partial charge in [-0.3, -0.25) is 4.79 Å². The highest BCUT2D eigenvalue weighted by Crippen LogP contribution is 2.32. The molecule has 0 radical (unpaired) electrons. The van der Waals surface area contributed by atoms with E-state index in [1.54, 1.807) is 0 Å². The number of carbonyl (C=O) groups excluding carboxylic acids is 1. The summed E-state index contributed by atoms with van der Waals surface area (Å²) in [6.45, 7) is 0. The van der Waals surface area contributed by atoms with Gasteiger partial charge in [0.25, 0.3) is 5.91 Å². The Kier molecular flexibility index (Phi) is 2.88. The number of hydrogen-bond donors (Lipinski definition) is 3. The predicted octanol–water partition coefficient (Wildman–Crippen LogP) is 1.13.